The molecule has 0 N–H and O–H groups in total. The first-order valence-electron chi connectivity index (χ1n) is 6.47. The molecule has 0 aliphatic carbocycles. The van der Waals surface area contributed by atoms with Crippen molar-refractivity contribution in [1.29, 1.82) is 0 Å². The van der Waals surface area contributed by atoms with Gasteiger partial charge in [-0.15, -0.1) is 0 Å². The highest BCUT2D eigenvalue weighted by Gasteiger charge is 2.15. The molecule has 108 valence electrons. The second-order valence-corrected chi connectivity index (χ2v) is 6.23. The van der Waals surface area contributed by atoms with E-state index in [1.165, 1.54) is 0 Å². The van der Waals surface area contributed by atoms with Crippen molar-refractivity contribution in [3.63, 3.8) is 0 Å². The minimum atomic E-state index is 0.302. The van der Waals surface area contributed by atoms with Crippen molar-refractivity contribution in [2.45, 2.75) is 19.8 Å². The van der Waals surface area contributed by atoms with Gasteiger partial charge in [-0.05, 0) is 12.0 Å². The van der Waals surface area contributed by atoms with Gasteiger partial charge in [0.2, 0.25) is 0 Å². The number of nitrogens with zero attached hydrogens (tertiary/aromatic N) is 3. The molecule has 0 radical (unpaired) electrons. The van der Waals surface area contributed by atoms with Gasteiger partial charge in [-0.1, -0.05) is 60.8 Å². The van der Waals surface area contributed by atoms with E-state index in [-0.39, 0.29) is 0 Å². The van der Waals surface area contributed by atoms with Crippen LogP contribution in [0.25, 0.3) is 16.9 Å². The van der Waals surface area contributed by atoms with E-state index in [0.29, 0.717) is 26.8 Å². The third-order valence-electron chi connectivity index (χ3n) is 3.31. The second kappa shape index (κ2) is 5.48. The molecule has 0 unspecified atom stereocenters. The lowest BCUT2D eigenvalue weighted by atomic mass is 10.1. The number of fused-ring (bicyclic) bond motifs is 1. The average molecular weight is 341 g/mol. The fourth-order valence-corrected chi connectivity index (χ4v) is 2.81. The molecule has 3 aromatic rings. The quantitative estimate of drug-likeness (QED) is 0.578. The monoisotopic (exact) mass is 339 g/mol. The Labute approximate surface area is 137 Å². The van der Waals surface area contributed by atoms with Gasteiger partial charge in [0.25, 0.3) is 0 Å². The molecule has 2 aromatic heterocycles. The van der Waals surface area contributed by atoms with Gasteiger partial charge in [0.05, 0.1) is 21.9 Å². The van der Waals surface area contributed by atoms with Gasteiger partial charge in [0.1, 0.15) is 5.15 Å². The summed E-state index contributed by atoms with van der Waals surface area (Å²) in [4.78, 5) is 4.66. The highest BCUT2D eigenvalue weighted by Crippen LogP contribution is 2.34. The van der Waals surface area contributed by atoms with Crippen molar-refractivity contribution in [1.82, 2.24) is 14.6 Å². The molecule has 0 atom stereocenters. The molecular formula is C15H12Cl3N3. The van der Waals surface area contributed by atoms with Gasteiger partial charge in [0, 0.05) is 17.2 Å². The summed E-state index contributed by atoms with van der Waals surface area (Å²) >= 11 is 18.6. The first kappa shape index (κ1) is 14.6. The first-order chi connectivity index (χ1) is 9.99. The number of hydrogen-bond donors (Lipinski definition) is 0. The molecule has 2 heterocycles. The molecule has 3 rings (SSSR count). The lowest BCUT2D eigenvalue weighted by Crippen LogP contribution is -1.97. The van der Waals surface area contributed by atoms with Crippen LogP contribution >= 0.6 is 34.8 Å². The molecule has 1 aromatic carbocycles. The van der Waals surface area contributed by atoms with E-state index in [0.717, 1.165) is 16.8 Å². The van der Waals surface area contributed by atoms with Crippen LogP contribution in [-0.4, -0.2) is 14.6 Å². The van der Waals surface area contributed by atoms with Crippen molar-refractivity contribution >= 4 is 40.4 Å². The van der Waals surface area contributed by atoms with E-state index < -0.39 is 0 Å². The number of hydrogen-bond acceptors (Lipinski definition) is 2. The summed E-state index contributed by atoms with van der Waals surface area (Å²) in [6.07, 6.45) is 1.79. The van der Waals surface area contributed by atoms with Crippen molar-refractivity contribution in [2.24, 2.45) is 0 Å². The van der Waals surface area contributed by atoms with Crippen molar-refractivity contribution in [3.05, 3.63) is 51.2 Å². The minimum absolute atomic E-state index is 0.302. The van der Waals surface area contributed by atoms with Gasteiger partial charge in [-0.3, -0.25) is 0 Å². The standard InChI is InChI=1S/C15H12Cl3N3/c1-8(2)10-7-19-21-13(17)6-12(20-15(10)21)9-4-3-5-11(16)14(9)18/h3-8H,1-2H3. The Morgan fingerprint density at radius 1 is 1.14 bits per heavy atom. The summed E-state index contributed by atoms with van der Waals surface area (Å²) < 4.78 is 1.62. The van der Waals surface area contributed by atoms with Crippen molar-refractivity contribution < 1.29 is 0 Å². The predicted molar refractivity (Wildman–Crippen MR) is 87.5 cm³/mol. The predicted octanol–water partition coefficient (Wildman–Crippen LogP) is 5.48. The van der Waals surface area contributed by atoms with Gasteiger partial charge >= 0.3 is 0 Å². The highest BCUT2D eigenvalue weighted by atomic mass is 35.5. The fraction of sp³-hybridized carbons (Fsp3) is 0.200. The molecule has 0 aliphatic rings. The lowest BCUT2D eigenvalue weighted by molar-refractivity contribution is 0.872. The topological polar surface area (TPSA) is 30.2 Å². The maximum atomic E-state index is 6.31. The van der Waals surface area contributed by atoms with Crippen LogP contribution in [0.4, 0.5) is 0 Å². The van der Waals surface area contributed by atoms with E-state index >= 15 is 0 Å². The Morgan fingerprint density at radius 3 is 2.62 bits per heavy atom. The van der Waals surface area contributed by atoms with Crippen LogP contribution in [0, 0.1) is 0 Å². The molecule has 3 nitrogen and oxygen atoms in total. The molecule has 6 heteroatoms. The fourth-order valence-electron chi connectivity index (χ4n) is 2.19. The van der Waals surface area contributed by atoms with Crippen LogP contribution < -0.4 is 0 Å². The lowest BCUT2D eigenvalue weighted by Gasteiger charge is -2.08. The van der Waals surface area contributed by atoms with Crippen LogP contribution in [0.1, 0.15) is 25.3 Å². The average Bonchev–Trinajstić information content (AvgIpc) is 2.86. The molecule has 0 fully saturated rings. The Kier molecular flexibility index (Phi) is 3.82. The summed E-state index contributed by atoms with van der Waals surface area (Å²) in [6, 6.07) is 7.19. The van der Waals surface area contributed by atoms with Crippen molar-refractivity contribution in [3.8, 4) is 11.3 Å². The summed E-state index contributed by atoms with van der Waals surface area (Å²) in [7, 11) is 0. The molecular weight excluding hydrogens is 329 g/mol. The molecule has 0 saturated heterocycles. The summed E-state index contributed by atoms with van der Waals surface area (Å²) in [5.74, 6) is 0.302. The van der Waals surface area contributed by atoms with Gasteiger partial charge in [-0.25, -0.2) is 9.50 Å². The molecule has 0 aliphatic heterocycles. The zero-order valence-electron chi connectivity index (χ0n) is 11.4. The largest absolute Gasteiger partial charge is 0.228 e. The SMILES string of the molecule is CC(C)c1cnn2c(Cl)cc(-c3cccc(Cl)c3Cl)nc12. The van der Waals surface area contributed by atoms with E-state index in [4.69, 9.17) is 34.8 Å². The zero-order chi connectivity index (χ0) is 15.1. The summed E-state index contributed by atoms with van der Waals surface area (Å²) in [5.41, 5.74) is 3.22. The second-order valence-electron chi connectivity index (χ2n) is 5.06. The maximum absolute atomic E-state index is 6.31. The third kappa shape index (κ3) is 2.50. The number of rotatable bonds is 2. The van der Waals surface area contributed by atoms with E-state index in [1.54, 1.807) is 22.8 Å². The number of aromatic nitrogens is 3. The Hall–Kier alpha value is -1.29. The Balaban J connectivity index is 2.29. The molecule has 0 saturated carbocycles. The van der Waals surface area contributed by atoms with E-state index in [1.807, 2.05) is 12.1 Å². The summed E-state index contributed by atoms with van der Waals surface area (Å²) in [5, 5.41) is 5.72. The molecule has 0 spiro atoms. The normalized spacial score (nSPS) is 11.5. The molecule has 21 heavy (non-hydrogen) atoms. The highest BCUT2D eigenvalue weighted by molar-refractivity contribution is 6.43. The Morgan fingerprint density at radius 2 is 1.90 bits per heavy atom. The van der Waals surface area contributed by atoms with Crippen LogP contribution in [0.15, 0.2) is 30.5 Å². The van der Waals surface area contributed by atoms with Crippen LogP contribution in [-0.2, 0) is 0 Å². The van der Waals surface area contributed by atoms with Crippen molar-refractivity contribution in [2.75, 3.05) is 0 Å². The number of halogens is 3. The maximum Gasteiger partial charge on any atom is 0.160 e. The first-order valence-corrected chi connectivity index (χ1v) is 7.61. The summed E-state index contributed by atoms with van der Waals surface area (Å²) in [6.45, 7) is 4.18. The molecule has 0 bridgehead atoms. The van der Waals surface area contributed by atoms with Crippen LogP contribution in [0.2, 0.25) is 15.2 Å². The third-order valence-corrected chi connectivity index (χ3v) is 4.39. The number of benzene rings is 1. The van der Waals surface area contributed by atoms with Gasteiger partial charge < -0.3 is 0 Å². The van der Waals surface area contributed by atoms with Crippen LogP contribution in [0.3, 0.4) is 0 Å². The smallest absolute Gasteiger partial charge is 0.160 e. The van der Waals surface area contributed by atoms with Gasteiger partial charge in [-0.2, -0.15) is 5.10 Å². The minimum Gasteiger partial charge on any atom is -0.228 e. The van der Waals surface area contributed by atoms with E-state index in [9.17, 15) is 0 Å². The zero-order valence-corrected chi connectivity index (χ0v) is 13.7. The van der Waals surface area contributed by atoms with E-state index in [2.05, 4.69) is 23.9 Å². The molecule has 0 amide bonds. The van der Waals surface area contributed by atoms with Crippen LogP contribution in [0.5, 0.6) is 0 Å². The van der Waals surface area contributed by atoms with Gasteiger partial charge in [0.15, 0.2) is 5.65 Å². The Bertz CT molecular complexity index is 824.